The minimum absolute atomic E-state index is 0.0631. The van der Waals surface area contributed by atoms with Gasteiger partial charge in [-0.15, -0.1) is 0 Å². The first-order valence-electron chi connectivity index (χ1n) is 5.16. The zero-order valence-corrected chi connectivity index (χ0v) is 10.3. The number of ketones is 1. The molecule has 1 aromatic heterocycles. The van der Waals surface area contributed by atoms with Crippen LogP contribution in [0.4, 0.5) is 8.78 Å². The molecule has 18 heavy (non-hydrogen) atoms. The van der Waals surface area contributed by atoms with Crippen molar-refractivity contribution in [2.45, 2.75) is 16.8 Å². The van der Waals surface area contributed by atoms with E-state index >= 15 is 0 Å². The van der Waals surface area contributed by atoms with Crippen molar-refractivity contribution in [3.05, 3.63) is 53.7 Å². The van der Waals surface area contributed by atoms with E-state index in [1.165, 1.54) is 30.9 Å². The van der Waals surface area contributed by atoms with Gasteiger partial charge in [0, 0.05) is 16.7 Å². The first-order chi connectivity index (χ1) is 8.56. The topological polar surface area (TPSA) is 30.0 Å². The molecule has 0 unspecified atom stereocenters. The molecule has 2 nitrogen and oxygen atoms in total. The summed E-state index contributed by atoms with van der Waals surface area (Å²) in [6.07, 6.45) is 1.46. The molecule has 0 amide bonds. The lowest BCUT2D eigenvalue weighted by atomic mass is 10.2. The van der Waals surface area contributed by atoms with Crippen LogP contribution < -0.4 is 0 Å². The van der Waals surface area contributed by atoms with Crippen LogP contribution >= 0.6 is 11.8 Å². The first kappa shape index (κ1) is 12.7. The van der Waals surface area contributed by atoms with Gasteiger partial charge in [-0.1, -0.05) is 11.8 Å². The van der Waals surface area contributed by atoms with Crippen molar-refractivity contribution in [1.29, 1.82) is 0 Å². The van der Waals surface area contributed by atoms with Crippen molar-refractivity contribution in [1.82, 2.24) is 4.98 Å². The molecule has 2 aromatic rings. The summed E-state index contributed by atoms with van der Waals surface area (Å²) in [4.78, 5) is 15.7. The average molecular weight is 265 g/mol. The maximum atomic E-state index is 13.0. The van der Waals surface area contributed by atoms with Gasteiger partial charge in [-0.05, 0) is 37.3 Å². The number of Topliss-reactive ketones (excluding diaryl/α,β-unsaturated/α-hetero) is 1. The van der Waals surface area contributed by atoms with Crippen LogP contribution in [0.25, 0.3) is 0 Å². The van der Waals surface area contributed by atoms with E-state index in [2.05, 4.69) is 4.98 Å². The average Bonchev–Trinajstić information content (AvgIpc) is 2.34. The Morgan fingerprint density at radius 1 is 1.17 bits per heavy atom. The number of hydrogen-bond donors (Lipinski definition) is 0. The van der Waals surface area contributed by atoms with Gasteiger partial charge in [0.2, 0.25) is 0 Å². The number of halogens is 2. The Kier molecular flexibility index (Phi) is 3.72. The van der Waals surface area contributed by atoms with E-state index in [0.29, 0.717) is 15.5 Å². The van der Waals surface area contributed by atoms with Gasteiger partial charge >= 0.3 is 0 Å². The zero-order chi connectivity index (χ0) is 13.1. The fourth-order valence-corrected chi connectivity index (χ4v) is 2.09. The Morgan fingerprint density at radius 3 is 2.50 bits per heavy atom. The Balaban J connectivity index is 2.18. The molecule has 0 aliphatic heterocycles. The van der Waals surface area contributed by atoms with Gasteiger partial charge in [0.05, 0.1) is 0 Å². The van der Waals surface area contributed by atoms with Gasteiger partial charge in [0.15, 0.2) is 17.4 Å². The van der Waals surface area contributed by atoms with E-state index < -0.39 is 11.6 Å². The van der Waals surface area contributed by atoms with Crippen LogP contribution in [-0.2, 0) is 0 Å². The third-order valence-electron chi connectivity index (χ3n) is 2.26. The molecule has 5 heteroatoms. The molecule has 0 aliphatic rings. The minimum Gasteiger partial charge on any atom is -0.294 e. The third-order valence-corrected chi connectivity index (χ3v) is 3.20. The molecular formula is C13H9F2NOS. The molecule has 0 aliphatic carbocycles. The lowest BCUT2D eigenvalue weighted by Gasteiger charge is -2.02. The lowest BCUT2D eigenvalue weighted by molar-refractivity contribution is 0.101. The fourth-order valence-electron chi connectivity index (χ4n) is 1.31. The summed E-state index contributed by atoms with van der Waals surface area (Å²) < 4.78 is 25.7. The van der Waals surface area contributed by atoms with Crippen molar-refractivity contribution >= 4 is 17.5 Å². The van der Waals surface area contributed by atoms with E-state index in [-0.39, 0.29) is 5.78 Å². The molecule has 0 spiro atoms. The monoisotopic (exact) mass is 265 g/mol. The number of hydrogen-bond acceptors (Lipinski definition) is 3. The Hall–Kier alpha value is -1.75. The number of aromatic nitrogens is 1. The molecule has 0 saturated carbocycles. The van der Waals surface area contributed by atoms with Crippen molar-refractivity contribution < 1.29 is 13.6 Å². The van der Waals surface area contributed by atoms with Crippen molar-refractivity contribution in [3.63, 3.8) is 0 Å². The second-order valence-corrected chi connectivity index (χ2v) is 4.71. The molecule has 1 heterocycles. The maximum absolute atomic E-state index is 13.0. The zero-order valence-electron chi connectivity index (χ0n) is 9.48. The summed E-state index contributed by atoms with van der Waals surface area (Å²) in [6.45, 7) is 1.46. The largest absolute Gasteiger partial charge is 0.294 e. The van der Waals surface area contributed by atoms with Crippen molar-refractivity contribution in [2.75, 3.05) is 0 Å². The van der Waals surface area contributed by atoms with Crippen LogP contribution in [0.3, 0.4) is 0 Å². The van der Waals surface area contributed by atoms with Crippen LogP contribution in [0, 0.1) is 11.6 Å². The summed E-state index contributed by atoms with van der Waals surface area (Å²) >= 11 is 1.20. The summed E-state index contributed by atoms with van der Waals surface area (Å²) in [5.74, 6) is -1.83. The number of benzene rings is 1. The second kappa shape index (κ2) is 5.27. The molecule has 0 atom stereocenters. The summed E-state index contributed by atoms with van der Waals surface area (Å²) in [5, 5.41) is 0.617. The fraction of sp³-hybridized carbons (Fsp3) is 0.0769. The highest BCUT2D eigenvalue weighted by atomic mass is 32.2. The van der Waals surface area contributed by atoms with Gasteiger partial charge in [-0.25, -0.2) is 13.8 Å². The number of carbonyl (C=O) groups excluding carboxylic acids is 1. The van der Waals surface area contributed by atoms with Gasteiger partial charge < -0.3 is 0 Å². The Bertz CT molecular complexity index is 584. The maximum Gasteiger partial charge on any atom is 0.161 e. The van der Waals surface area contributed by atoms with Gasteiger partial charge in [-0.2, -0.15) is 0 Å². The highest BCUT2D eigenvalue weighted by molar-refractivity contribution is 7.99. The first-order valence-corrected chi connectivity index (χ1v) is 5.98. The van der Waals surface area contributed by atoms with E-state index in [9.17, 15) is 13.6 Å². The molecule has 0 saturated heterocycles. The van der Waals surface area contributed by atoms with E-state index in [1.807, 2.05) is 0 Å². The number of carbonyl (C=O) groups is 1. The lowest BCUT2D eigenvalue weighted by Crippen LogP contribution is -1.93. The van der Waals surface area contributed by atoms with Gasteiger partial charge in [-0.3, -0.25) is 4.79 Å². The number of nitrogens with zero attached hydrogens (tertiary/aromatic N) is 1. The molecule has 1 aromatic carbocycles. The summed E-state index contributed by atoms with van der Waals surface area (Å²) in [6, 6.07) is 6.98. The van der Waals surface area contributed by atoms with Crippen molar-refractivity contribution in [2.24, 2.45) is 0 Å². The normalized spacial score (nSPS) is 10.4. The Labute approximate surface area is 107 Å². The molecule has 2 rings (SSSR count). The number of pyridine rings is 1. The van der Waals surface area contributed by atoms with Crippen molar-refractivity contribution in [3.8, 4) is 0 Å². The highest BCUT2D eigenvalue weighted by Crippen LogP contribution is 2.27. The van der Waals surface area contributed by atoms with E-state index in [1.54, 1.807) is 12.1 Å². The predicted molar refractivity (Wildman–Crippen MR) is 64.7 cm³/mol. The van der Waals surface area contributed by atoms with Crippen LogP contribution in [0.1, 0.15) is 17.3 Å². The molecule has 0 radical (unpaired) electrons. The Morgan fingerprint density at radius 2 is 1.94 bits per heavy atom. The van der Waals surface area contributed by atoms with E-state index in [4.69, 9.17) is 0 Å². The van der Waals surface area contributed by atoms with Crippen LogP contribution in [0.5, 0.6) is 0 Å². The van der Waals surface area contributed by atoms with Gasteiger partial charge in [0.1, 0.15) is 5.03 Å². The summed E-state index contributed by atoms with van der Waals surface area (Å²) in [5.41, 5.74) is 0.518. The summed E-state index contributed by atoms with van der Waals surface area (Å²) in [7, 11) is 0. The quantitative estimate of drug-likeness (QED) is 0.792. The molecule has 92 valence electrons. The molecular weight excluding hydrogens is 256 g/mol. The molecule has 0 bridgehead atoms. The predicted octanol–water partition coefficient (Wildman–Crippen LogP) is 3.71. The number of rotatable bonds is 3. The smallest absolute Gasteiger partial charge is 0.161 e. The highest BCUT2D eigenvalue weighted by Gasteiger charge is 2.05. The SMILES string of the molecule is CC(=O)c1ccc(Sc2ccc(F)c(F)c2)nc1. The molecule has 0 fully saturated rings. The van der Waals surface area contributed by atoms with Crippen LogP contribution in [0.2, 0.25) is 0 Å². The van der Waals surface area contributed by atoms with Gasteiger partial charge in [0.25, 0.3) is 0 Å². The third kappa shape index (κ3) is 2.92. The standard InChI is InChI=1S/C13H9F2NOS/c1-8(17)9-2-5-13(16-7-9)18-10-3-4-11(14)12(15)6-10/h2-7H,1H3. The molecule has 0 N–H and O–H groups in total. The van der Waals surface area contributed by atoms with Crippen LogP contribution in [0.15, 0.2) is 46.5 Å². The minimum atomic E-state index is -0.889. The second-order valence-electron chi connectivity index (χ2n) is 3.62. The van der Waals surface area contributed by atoms with E-state index in [0.717, 1.165) is 12.1 Å². The van der Waals surface area contributed by atoms with Crippen LogP contribution in [-0.4, -0.2) is 10.8 Å².